The number of nitrogens with one attached hydrogen (secondary N) is 1. The van der Waals surface area contributed by atoms with Crippen LogP contribution in [-0.2, 0) is 9.53 Å². The average molecular weight is 438 g/mol. The van der Waals surface area contributed by atoms with Crippen molar-refractivity contribution in [3.05, 3.63) is 72.0 Å². The quantitative estimate of drug-likeness (QED) is 0.554. The smallest absolute Gasteiger partial charge is 0.341 e. The van der Waals surface area contributed by atoms with E-state index in [0.717, 1.165) is 0 Å². The lowest BCUT2D eigenvalue weighted by atomic mass is 9.99. The minimum Gasteiger partial charge on any atom is -0.479 e. The molecule has 0 aromatic heterocycles. The first kappa shape index (κ1) is 22.0. The molecule has 1 saturated heterocycles. The maximum absolute atomic E-state index is 14.9. The van der Waals surface area contributed by atoms with Crippen molar-refractivity contribution in [1.29, 1.82) is 0 Å². The highest BCUT2D eigenvalue weighted by molar-refractivity contribution is 5.86. The van der Waals surface area contributed by atoms with E-state index in [1.807, 2.05) is 17.0 Å². The van der Waals surface area contributed by atoms with Gasteiger partial charge in [0.15, 0.2) is 18.2 Å². The lowest BCUT2D eigenvalue weighted by molar-refractivity contribution is -0.139. The minimum atomic E-state index is -1.15. The third-order valence-electron chi connectivity index (χ3n) is 5.72. The minimum absolute atomic E-state index is 0.0596. The van der Waals surface area contributed by atoms with Crippen LogP contribution in [0, 0.1) is 5.82 Å². The summed E-state index contributed by atoms with van der Waals surface area (Å²) in [5.74, 6) is -1.75. The van der Waals surface area contributed by atoms with Crippen LogP contribution < -0.4 is 15.0 Å². The van der Waals surface area contributed by atoms with Crippen molar-refractivity contribution in [2.45, 2.75) is 19.1 Å². The Morgan fingerprint density at radius 1 is 1.22 bits per heavy atom. The predicted molar refractivity (Wildman–Crippen MR) is 122 cm³/mol. The van der Waals surface area contributed by atoms with Crippen molar-refractivity contribution >= 4 is 22.4 Å². The highest BCUT2D eigenvalue weighted by Crippen LogP contribution is 2.29. The van der Waals surface area contributed by atoms with Crippen LogP contribution in [0.3, 0.4) is 0 Å². The van der Waals surface area contributed by atoms with E-state index in [1.165, 1.54) is 22.4 Å². The highest BCUT2D eigenvalue weighted by Gasteiger charge is 2.24. The molecule has 0 radical (unpaired) electrons. The number of anilines is 1. The van der Waals surface area contributed by atoms with Crippen LogP contribution in [0.25, 0.3) is 10.8 Å². The lowest BCUT2D eigenvalue weighted by Gasteiger charge is -2.35. The summed E-state index contributed by atoms with van der Waals surface area (Å²) in [6.45, 7) is 3.73. The molecule has 168 valence electrons. The lowest BCUT2D eigenvalue weighted by Crippen LogP contribution is -2.47. The van der Waals surface area contributed by atoms with Gasteiger partial charge in [-0.25, -0.2) is 9.18 Å². The molecule has 2 N–H and O–H groups in total. The van der Waals surface area contributed by atoms with Crippen molar-refractivity contribution < 1.29 is 23.8 Å². The molecule has 1 aliphatic rings. The summed E-state index contributed by atoms with van der Waals surface area (Å²) in [6, 6.07) is 19.5. The van der Waals surface area contributed by atoms with Crippen molar-refractivity contribution in [2.24, 2.45) is 0 Å². The molecule has 1 aliphatic heterocycles. The standard InChI is InChI=1S/C25H27FN2O4/c1-17(20-9-4-7-18-6-2-3-8-21(18)20)27-14-19-15-28(12-13-31-19)22-10-5-11-23(25(22)26)32-16-24(29)30/h2-11,17,19,27H,12-16H2,1H3,(H,29,30)/t17-,19?/m1/s1. The topological polar surface area (TPSA) is 71.0 Å². The molecule has 0 spiro atoms. The van der Waals surface area contributed by atoms with Crippen molar-refractivity contribution in [1.82, 2.24) is 5.32 Å². The Morgan fingerprint density at radius 3 is 2.84 bits per heavy atom. The molecule has 0 bridgehead atoms. The van der Waals surface area contributed by atoms with Gasteiger partial charge in [-0.15, -0.1) is 0 Å². The summed E-state index contributed by atoms with van der Waals surface area (Å²) in [5.41, 5.74) is 1.62. The van der Waals surface area contributed by atoms with Gasteiger partial charge in [0.05, 0.1) is 18.4 Å². The number of ether oxygens (including phenoxy) is 2. The maximum atomic E-state index is 14.9. The third-order valence-corrected chi connectivity index (χ3v) is 5.72. The molecule has 3 aromatic carbocycles. The summed E-state index contributed by atoms with van der Waals surface area (Å²) in [4.78, 5) is 12.7. The van der Waals surface area contributed by atoms with Gasteiger partial charge in [0, 0.05) is 25.7 Å². The highest BCUT2D eigenvalue weighted by atomic mass is 19.1. The summed E-state index contributed by atoms with van der Waals surface area (Å²) in [5, 5.41) is 14.8. The number of carboxylic acids is 1. The zero-order chi connectivity index (χ0) is 22.5. The summed E-state index contributed by atoms with van der Waals surface area (Å²) in [6.07, 6.45) is -0.107. The number of aliphatic carboxylic acids is 1. The Hall–Kier alpha value is -3.16. The monoisotopic (exact) mass is 438 g/mol. The molecule has 3 aromatic rings. The van der Waals surface area contributed by atoms with Crippen LogP contribution in [0.5, 0.6) is 5.75 Å². The largest absolute Gasteiger partial charge is 0.479 e. The molecule has 32 heavy (non-hydrogen) atoms. The van der Waals surface area contributed by atoms with Crippen LogP contribution in [0.1, 0.15) is 18.5 Å². The zero-order valence-corrected chi connectivity index (χ0v) is 18.0. The molecule has 6 nitrogen and oxygen atoms in total. The second-order valence-corrected chi connectivity index (χ2v) is 7.91. The first-order valence-electron chi connectivity index (χ1n) is 10.7. The number of nitrogens with zero attached hydrogens (tertiary/aromatic N) is 1. The van der Waals surface area contributed by atoms with E-state index in [1.54, 1.807) is 12.1 Å². The first-order chi connectivity index (χ1) is 15.5. The number of carbonyl (C=O) groups is 1. The van der Waals surface area contributed by atoms with E-state index < -0.39 is 18.4 Å². The van der Waals surface area contributed by atoms with Gasteiger partial charge in [0.25, 0.3) is 0 Å². The van der Waals surface area contributed by atoms with Gasteiger partial charge in [-0.05, 0) is 35.4 Å². The Kier molecular flexibility index (Phi) is 6.87. The Morgan fingerprint density at radius 2 is 2.00 bits per heavy atom. The molecule has 7 heteroatoms. The molecule has 2 atom stereocenters. The van der Waals surface area contributed by atoms with E-state index in [-0.39, 0.29) is 17.9 Å². The van der Waals surface area contributed by atoms with E-state index in [4.69, 9.17) is 14.6 Å². The fourth-order valence-electron chi connectivity index (χ4n) is 4.10. The molecule has 0 saturated carbocycles. The zero-order valence-electron chi connectivity index (χ0n) is 18.0. The van der Waals surface area contributed by atoms with Crippen LogP contribution in [-0.4, -0.2) is 50.0 Å². The molecule has 0 amide bonds. The van der Waals surface area contributed by atoms with Crippen molar-refractivity contribution in [2.75, 3.05) is 37.7 Å². The summed E-state index contributed by atoms with van der Waals surface area (Å²) in [7, 11) is 0. The molecule has 1 heterocycles. The summed E-state index contributed by atoms with van der Waals surface area (Å²) >= 11 is 0. The Bertz CT molecular complexity index is 1090. The average Bonchev–Trinajstić information content (AvgIpc) is 2.81. The molecular formula is C25H27FN2O4. The Labute approximate surface area is 186 Å². The molecular weight excluding hydrogens is 411 g/mol. The van der Waals surface area contributed by atoms with Gasteiger partial charge in [0.2, 0.25) is 0 Å². The van der Waals surface area contributed by atoms with Gasteiger partial charge in [-0.1, -0.05) is 48.5 Å². The van der Waals surface area contributed by atoms with Crippen molar-refractivity contribution in [3.8, 4) is 5.75 Å². The van der Waals surface area contributed by atoms with Crippen molar-refractivity contribution in [3.63, 3.8) is 0 Å². The Balaban J connectivity index is 1.40. The van der Waals surface area contributed by atoms with E-state index in [0.29, 0.717) is 31.9 Å². The number of benzene rings is 3. The molecule has 0 aliphatic carbocycles. The van der Waals surface area contributed by atoms with Crippen LogP contribution in [0.15, 0.2) is 60.7 Å². The van der Waals surface area contributed by atoms with Gasteiger partial charge >= 0.3 is 5.97 Å². The number of rotatable bonds is 8. The molecule has 1 unspecified atom stereocenters. The molecule has 1 fully saturated rings. The third kappa shape index (κ3) is 5.00. The van der Waals surface area contributed by atoms with E-state index in [9.17, 15) is 9.18 Å². The van der Waals surface area contributed by atoms with Gasteiger partial charge in [0.1, 0.15) is 0 Å². The van der Waals surface area contributed by atoms with E-state index in [2.05, 4.69) is 42.6 Å². The normalized spacial score (nSPS) is 17.3. The SMILES string of the molecule is C[C@@H](NCC1CN(c2cccc(OCC(=O)O)c2F)CCO1)c1cccc2ccccc12. The maximum Gasteiger partial charge on any atom is 0.341 e. The van der Waals surface area contributed by atoms with Gasteiger partial charge in [-0.3, -0.25) is 0 Å². The van der Waals surface area contributed by atoms with Gasteiger partial charge < -0.3 is 24.8 Å². The van der Waals surface area contributed by atoms with Crippen LogP contribution in [0.2, 0.25) is 0 Å². The fraction of sp³-hybridized carbons (Fsp3) is 0.320. The number of hydrogen-bond donors (Lipinski definition) is 2. The van der Waals surface area contributed by atoms with E-state index >= 15 is 0 Å². The number of hydrogen-bond acceptors (Lipinski definition) is 5. The second-order valence-electron chi connectivity index (χ2n) is 7.91. The molecule has 4 rings (SSSR count). The fourth-order valence-corrected chi connectivity index (χ4v) is 4.10. The number of fused-ring (bicyclic) bond motifs is 1. The first-order valence-corrected chi connectivity index (χ1v) is 10.7. The number of halogens is 1. The number of morpholine rings is 1. The summed E-state index contributed by atoms with van der Waals surface area (Å²) < 4.78 is 25.9. The van der Waals surface area contributed by atoms with Crippen LogP contribution in [0.4, 0.5) is 10.1 Å². The predicted octanol–water partition coefficient (Wildman–Crippen LogP) is 4.00. The van der Waals surface area contributed by atoms with Crippen LogP contribution >= 0.6 is 0 Å². The second kappa shape index (κ2) is 9.97. The van der Waals surface area contributed by atoms with Gasteiger partial charge in [-0.2, -0.15) is 0 Å². The number of carboxylic acid groups (broad SMARTS) is 1.